The Balaban J connectivity index is 0.000000536. The first kappa shape index (κ1) is 35.8. The van der Waals surface area contributed by atoms with Crippen LogP contribution in [-0.4, -0.2) is 45.7 Å². The molecule has 216 valence electrons. The predicted molar refractivity (Wildman–Crippen MR) is 163 cm³/mol. The lowest BCUT2D eigenvalue weighted by atomic mass is 10.0. The Labute approximate surface area is 236 Å². The van der Waals surface area contributed by atoms with Gasteiger partial charge in [-0.3, -0.25) is 10.1 Å². The van der Waals surface area contributed by atoms with Gasteiger partial charge in [-0.05, 0) is 82.2 Å². The van der Waals surface area contributed by atoms with Crippen LogP contribution in [0.2, 0.25) is 0 Å². The van der Waals surface area contributed by atoms with Gasteiger partial charge in [0, 0.05) is 25.3 Å². The molecule has 39 heavy (non-hydrogen) atoms. The summed E-state index contributed by atoms with van der Waals surface area (Å²) in [4.78, 5) is 18.9. The molecule has 2 aromatic carbocycles. The van der Waals surface area contributed by atoms with E-state index in [4.69, 9.17) is 10.00 Å². The lowest BCUT2D eigenvalue weighted by Crippen LogP contribution is -2.30. The average Bonchev–Trinajstić information content (AvgIpc) is 3.83. The van der Waals surface area contributed by atoms with Gasteiger partial charge in [0.05, 0.1) is 6.07 Å². The molecule has 7 nitrogen and oxygen atoms in total. The van der Waals surface area contributed by atoms with Crippen molar-refractivity contribution in [1.82, 2.24) is 10.6 Å². The molecule has 3 N–H and O–H groups in total. The highest BCUT2D eigenvalue weighted by molar-refractivity contribution is 5.70. The molecule has 0 aromatic heterocycles. The first-order valence-corrected chi connectivity index (χ1v) is 14.2. The molecule has 0 spiro atoms. The maximum atomic E-state index is 9.57. The van der Waals surface area contributed by atoms with Gasteiger partial charge in [0.1, 0.15) is 19.1 Å². The summed E-state index contributed by atoms with van der Waals surface area (Å²) in [5.74, 6) is 0.454. The number of benzene rings is 2. The summed E-state index contributed by atoms with van der Waals surface area (Å²) in [6.07, 6.45) is 9.31. The number of hydrogen-bond donors (Lipinski definition) is 3. The van der Waals surface area contributed by atoms with Gasteiger partial charge in [-0.2, -0.15) is 5.26 Å². The van der Waals surface area contributed by atoms with E-state index in [-0.39, 0.29) is 6.54 Å². The molecule has 1 saturated heterocycles. The van der Waals surface area contributed by atoms with E-state index in [1.807, 2.05) is 27.8 Å². The van der Waals surface area contributed by atoms with Crippen LogP contribution in [-0.2, 0) is 14.3 Å². The second kappa shape index (κ2) is 23.9. The summed E-state index contributed by atoms with van der Waals surface area (Å²) in [6, 6.07) is 16.9. The second-order valence-electron chi connectivity index (χ2n) is 9.02. The number of rotatable bonds is 7. The largest absolute Gasteiger partial charge is 0.388 e. The molecule has 0 bridgehead atoms. The van der Waals surface area contributed by atoms with Gasteiger partial charge in [-0.1, -0.05) is 62.2 Å². The highest BCUT2D eigenvalue weighted by atomic mass is 16.5. The van der Waals surface area contributed by atoms with Crippen molar-refractivity contribution in [2.45, 2.75) is 79.4 Å². The van der Waals surface area contributed by atoms with E-state index < -0.39 is 0 Å². The number of carbonyl (C=O) groups excluding carboxylic acids is 2. The Kier molecular flexibility index (Phi) is 21.9. The van der Waals surface area contributed by atoms with Crippen molar-refractivity contribution < 1.29 is 14.3 Å². The molecule has 1 aliphatic heterocycles. The molecule has 1 amide bonds. The lowest BCUT2D eigenvalue weighted by molar-refractivity contribution is -0.109. The van der Waals surface area contributed by atoms with Crippen molar-refractivity contribution >= 4 is 18.4 Å². The van der Waals surface area contributed by atoms with Crippen LogP contribution >= 0.6 is 0 Å². The van der Waals surface area contributed by atoms with E-state index >= 15 is 0 Å². The fourth-order valence-corrected chi connectivity index (χ4v) is 3.48. The zero-order valence-corrected chi connectivity index (χ0v) is 24.9. The fourth-order valence-electron chi connectivity index (χ4n) is 3.48. The number of nitrogens with zero attached hydrogens (tertiary/aromatic N) is 1. The summed E-state index contributed by atoms with van der Waals surface area (Å²) in [5, 5.41) is 16.5. The van der Waals surface area contributed by atoms with Crippen molar-refractivity contribution in [3.63, 3.8) is 0 Å². The van der Waals surface area contributed by atoms with Gasteiger partial charge in [0.25, 0.3) is 0 Å². The van der Waals surface area contributed by atoms with Gasteiger partial charge >= 0.3 is 0 Å². The summed E-state index contributed by atoms with van der Waals surface area (Å²) >= 11 is 0. The third-order valence-electron chi connectivity index (χ3n) is 5.85. The first-order chi connectivity index (χ1) is 19.0. The molecule has 2 aromatic rings. The quantitative estimate of drug-likeness (QED) is 0.214. The number of aryl methyl sites for hydroxylation is 2. The standard InChI is InChI=1S/C15H17N.C8H17NO.C4H6O.C3H4N2O.C2H6/c1-11-4-7-13(8-5-11)14-9-6-12(2)15(10-14)16-3;1-2-10-8-6-4-3-5-7-9-8;5-3-4-1-2-4;4-1-2-5-3-6;1-2/h4-10,16H,1-3H3;8-9H,2-7H2,1H3;3-4H,1-2H2;3H,2H2,(H,5,6);1-2H3. The lowest BCUT2D eigenvalue weighted by Gasteiger charge is -2.14. The van der Waals surface area contributed by atoms with E-state index in [2.05, 4.69) is 72.3 Å². The second-order valence-corrected chi connectivity index (χ2v) is 9.02. The highest BCUT2D eigenvalue weighted by Crippen LogP contribution is 2.26. The molecule has 0 radical (unpaired) electrons. The van der Waals surface area contributed by atoms with Crippen LogP contribution in [0.3, 0.4) is 0 Å². The van der Waals surface area contributed by atoms with Crippen molar-refractivity contribution in [1.29, 1.82) is 5.26 Å². The highest BCUT2D eigenvalue weighted by Gasteiger charge is 2.19. The molecule has 1 aliphatic carbocycles. The molecule has 7 heteroatoms. The predicted octanol–water partition coefficient (Wildman–Crippen LogP) is 6.40. The number of ether oxygens (including phenoxy) is 1. The number of anilines is 1. The molecule has 2 fully saturated rings. The molecular weight excluding hydrogens is 488 g/mol. The number of nitriles is 1. The van der Waals surface area contributed by atoms with E-state index in [1.54, 1.807) is 6.07 Å². The van der Waals surface area contributed by atoms with E-state index in [0.717, 1.165) is 32.3 Å². The Morgan fingerprint density at radius 2 is 1.67 bits per heavy atom. The Hall–Kier alpha value is -3.21. The molecular formula is C32H50N4O3. The van der Waals surface area contributed by atoms with Crippen LogP contribution in [0.4, 0.5) is 5.69 Å². The number of nitrogens with one attached hydrogen (secondary N) is 3. The topological polar surface area (TPSA) is 103 Å². The van der Waals surface area contributed by atoms with E-state index in [1.165, 1.54) is 53.6 Å². The van der Waals surface area contributed by atoms with Gasteiger partial charge in [-0.25, -0.2) is 0 Å². The molecule has 4 rings (SSSR count). The minimum atomic E-state index is 0.101. The smallest absolute Gasteiger partial charge is 0.207 e. The van der Waals surface area contributed by atoms with Crippen molar-refractivity contribution in [3.8, 4) is 17.2 Å². The van der Waals surface area contributed by atoms with Gasteiger partial charge < -0.3 is 20.2 Å². The number of amides is 1. The van der Waals surface area contributed by atoms with Crippen LogP contribution in [0.1, 0.15) is 70.4 Å². The van der Waals surface area contributed by atoms with Gasteiger partial charge in [0.15, 0.2) is 0 Å². The maximum absolute atomic E-state index is 9.57. The number of aldehydes is 1. The minimum Gasteiger partial charge on any atom is -0.388 e. The number of hydrogen-bond acceptors (Lipinski definition) is 6. The van der Waals surface area contributed by atoms with E-state index in [0.29, 0.717) is 18.6 Å². The number of carbonyl (C=O) groups is 2. The Bertz CT molecular complexity index is 929. The van der Waals surface area contributed by atoms with Crippen LogP contribution in [0.5, 0.6) is 0 Å². The Morgan fingerprint density at radius 1 is 1.00 bits per heavy atom. The van der Waals surface area contributed by atoms with Crippen LogP contribution in [0.25, 0.3) is 11.1 Å². The van der Waals surface area contributed by atoms with Crippen molar-refractivity contribution in [2.24, 2.45) is 5.92 Å². The molecule has 1 unspecified atom stereocenters. The average molecular weight is 539 g/mol. The summed E-state index contributed by atoms with van der Waals surface area (Å²) in [7, 11) is 1.96. The maximum Gasteiger partial charge on any atom is 0.207 e. The molecule has 1 atom stereocenters. The van der Waals surface area contributed by atoms with Crippen LogP contribution in [0.15, 0.2) is 42.5 Å². The molecule has 1 saturated carbocycles. The third-order valence-corrected chi connectivity index (χ3v) is 5.85. The summed E-state index contributed by atoms with van der Waals surface area (Å²) in [6.45, 7) is 12.3. The van der Waals surface area contributed by atoms with Gasteiger partial charge in [0.2, 0.25) is 6.41 Å². The monoisotopic (exact) mass is 538 g/mol. The van der Waals surface area contributed by atoms with Crippen LogP contribution < -0.4 is 16.0 Å². The minimum absolute atomic E-state index is 0.101. The normalized spacial score (nSPS) is 15.3. The fraction of sp³-hybridized carbons (Fsp3) is 0.531. The Morgan fingerprint density at radius 3 is 2.15 bits per heavy atom. The third kappa shape index (κ3) is 17.8. The molecule has 2 aliphatic rings. The van der Waals surface area contributed by atoms with E-state index in [9.17, 15) is 9.59 Å². The molecule has 1 heterocycles. The summed E-state index contributed by atoms with van der Waals surface area (Å²) in [5.41, 5.74) is 6.29. The van der Waals surface area contributed by atoms with Crippen molar-refractivity contribution in [2.75, 3.05) is 32.1 Å². The zero-order valence-electron chi connectivity index (χ0n) is 24.9. The zero-order chi connectivity index (χ0) is 29.3. The van der Waals surface area contributed by atoms with Crippen molar-refractivity contribution in [3.05, 3.63) is 53.6 Å². The van der Waals surface area contributed by atoms with Gasteiger partial charge in [-0.15, -0.1) is 0 Å². The first-order valence-electron chi connectivity index (χ1n) is 14.2. The SMILES string of the molecule is CC.CCOC1CCCCCN1.CNc1cc(-c2ccc(C)cc2)ccc1C.N#CCNC=O.O=CC1CC1. The summed E-state index contributed by atoms with van der Waals surface area (Å²) < 4.78 is 5.45. The van der Waals surface area contributed by atoms with Crippen LogP contribution in [0, 0.1) is 31.1 Å².